The van der Waals surface area contributed by atoms with Crippen LogP contribution in [-0.2, 0) is 19.5 Å². The van der Waals surface area contributed by atoms with Gasteiger partial charge in [-0.25, -0.2) is 4.98 Å². The number of nitrogens with zero attached hydrogens (tertiary/aromatic N) is 2. The quantitative estimate of drug-likeness (QED) is 0.604. The normalized spacial score (nSPS) is 11.3. The van der Waals surface area contributed by atoms with E-state index in [0.29, 0.717) is 19.0 Å². The second-order valence-electron chi connectivity index (χ2n) is 4.90. The molecule has 2 aromatic heterocycles. The zero-order valence-corrected chi connectivity index (χ0v) is 14.7. The summed E-state index contributed by atoms with van der Waals surface area (Å²) in [5, 5.41) is 6.63. The van der Waals surface area contributed by atoms with Gasteiger partial charge in [-0.15, -0.1) is 11.3 Å². The molecule has 0 aliphatic carbocycles. The number of hydrogen-bond acceptors (Lipinski definition) is 4. The van der Waals surface area contributed by atoms with Crippen molar-refractivity contribution in [1.82, 2.24) is 15.6 Å². The monoisotopic (exact) mass is 332 g/mol. The van der Waals surface area contributed by atoms with Crippen molar-refractivity contribution in [2.45, 2.75) is 33.4 Å². The molecule has 2 aromatic rings. The first kappa shape index (κ1) is 17.3. The van der Waals surface area contributed by atoms with Gasteiger partial charge in [0.05, 0.1) is 13.2 Å². The summed E-state index contributed by atoms with van der Waals surface area (Å²) in [5.41, 5.74) is 1.02. The number of guanidine groups is 1. The number of nitrogens with one attached hydrogen (secondary N) is 2. The van der Waals surface area contributed by atoms with Gasteiger partial charge < -0.3 is 15.4 Å². The van der Waals surface area contributed by atoms with Crippen LogP contribution in [0.3, 0.4) is 0 Å². The van der Waals surface area contributed by atoms with E-state index in [9.17, 15) is 0 Å². The van der Waals surface area contributed by atoms with Crippen LogP contribution in [0.15, 0.2) is 35.5 Å². The summed E-state index contributed by atoms with van der Waals surface area (Å²) < 4.78 is 5.54. The molecule has 0 atom stereocenters. The molecule has 23 heavy (non-hydrogen) atoms. The summed E-state index contributed by atoms with van der Waals surface area (Å²) in [6, 6.07) is 8.26. The minimum atomic E-state index is 0.606. The van der Waals surface area contributed by atoms with Gasteiger partial charge in [-0.2, -0.15) is 0 Å². The first-order chi connectivity index (χ1) is 11.3. The van der Waals surface area contributed by atoms with Gasteiger partial charge in [0.25, 0.3) is 0 Å². The molecule has 0 fully saturated rings. The van der Waals surface area contributed by atoms with Crippen LogP contribution < -0.4 is 15.4 Å². The Bertz CT molecular complexity index is 639. The third-order valence-electron chi connectivity index (χ3n) is 3.30. The van der Waals surface area contributed by atoms with Gasteiger partial charge in [-0.1, -0.05) is 13.0 Å². The van der Waals surface area contributed by atoms with Crippen molar-refractivity contribution in [3.05, 3.63) is 45.8 Å². The molecule has 0 amide bonds. The van der Waals surface area contributed by atoms with Crippen LogP contribution in [0.5, 0.6) is 5.88 Å². The molecular formula is C17H24N4OS. The molecule has 0 aliphatic heterocycles. The Kier molecular flexibility index (Phi) is 6.87. The van der Waals surface area contributed by atoms with Crippen LogP contribution in [0.4, 0.5) is 0 Å². The van der Waals surface area contributed by atoms with Crippen molar-refractivity contribution >= 4 is 17.3 Å². The van der Waals surface area contributed by atoms with Crippen LogP contribution in [-0.4, -0.2) is 24.6 Å². The van der Waals surface area contributed by atoms with Gasteiger partial charge in [0.15, 0.2) is 5.96 Å². The minimum Gasteiger partial charge on any atom is -0.478 e. The molecule has 0 unspecified atom stereocenters. The fourth-order valence-corrected chi connectivity index (χ4v) is 3.00. The number of aryl methyl sites for hydroxylation is 1. The van der Waals surface area contributed by atoms with Gasteiger partial charge in [-0.05, 0) is 31.5 Å². The molecule has 124 valence electrons. The SMILES string of the molecule is CCOc1ncccc1CNC(=NC)NCc1ccc(CC)s1. The average Bonchev–Trinajstić information content (AvgIpc) is 3.04. The molecule has 0 aromatic carbocycles. The van der Waals surface area contributed by atoms with Crippen LogP contribution in [0, 0.1) is 0 Å². The summed E-state index contributed by atoms with van der Waals surface area (Å²) in [6.07, 6.45) is 2.82. The molecule has 2 heterocycles. The van der Waals surface area contributed by atoms with E-state index in [1.165, 1.54) is 9.75 Å². The molecule has 0 saturated heterocycles. The first-order valence-corrected chi connectivity index (χ1v) is 8.67. The number of thiophene rings is 1. The van der Waals surface area contributed by atoms with E-state index in [0.717, 1.165) is 24.5 Å². The second kappa shape index (κ2) is 9.15. The molecular weight excluding hydrogens is 308 g/mol. The van der Waals surface area contributed by atoms with Crippen LogP contribution in [0.2, 0.25) is 0 Å². The number of ether oxygens (including phenoxy) is 1. The van der Waals surface area contributed by atoms with Gasteiger partial charge in [0.2, 0.25) is 5.88 Å². The topological polar surface area (TPSA) is 58.5 Å². The number of aliphatic imine (C=N–C) groups is 1. The predicted octanol–water partition coefficient (Wildman–Crippen LogP) is 2.97. The number of hydrogen-bond donors (Lipinski definition) is 2. The third-order valence-corrected chi connectivity index (χ3v) is 4.53. The van der Waals surface area contributed by atoms with E-state index in [2.05, 4.69) is 39.7 Å². The Balaban J connectivity index is 1.88. The highest BCUT2D eigenvalue weighted by Crippen LogP contribution is 2.16. The zero-order chi connectivity index (χ0) is 16.5. The molecule has 5 nitrogen and oxygen atoms in total. The van der Waals surface area contributed by atoms with Gasteiger partial charge in [0.1, 0.15) is 0 Å². The highest BCUT2D eigenvalue weighted by molar-refractivity contribution is 7.11. The molecule has 0 aliphatic rings. The van der Waals surface area contributed by atoms with Crippen molar-refractivity contribution in [3.8, 4) is 5.88 Å². The van der Waals surface area contributed by atoms with Crippen molar-refractivity contribution in [1.29, 1.82) is 0 Å². The fourth-order valence-electron chi connectivity index (χ4n) is 2.10. The summed E-state index contributed by atoms with van der Waals surface area (Å²) in [6.45, 7) is 6.13. The maximum absolute atomic E-state index is 5.54. The molecule has 0 radical (unpaired) electrons. The second-order valence-corrected chi connectivity index (χ2v) is 6.15. The number of rotatable bonds is 7. The Morgan fingerprint density at radius 1 is 1.17 bits per heavy atom. The van der Waals surface area contributed by atoms with E-state index in [1.54, 1.807) is 13.2 Å². The Morgan fingerprint density at radius 3 is 2.65 bits per heavy atom. The lowest BCUT2D eigenvalue weighted by molar-refractivity contribution is 0.322. The summed E-state index contributed by atoms with van der Waals surface area (Å²) in [7, 11) is 1.77. The Labute approximate surface area is 141 Å². The molecule has 2 rings (SSSR count). The lowest BCUT2D eigenvalue weighted by atomic mass is 10.2. The van der Waals surface area contributed by atoms with Crippen molar-refractivity contribution in [2.24, 2.45) is 4.99 Å². The maximum Gasteiger partial charge on any atom is 0.218 e. The number of aromatic nitrogens is 1. The van der Waals surface area contributed by atoms with Gasteiger partial charge in [-0.3, -0.25) is 4.99 Å². The van der Waals surface area contributed by atoms with Crippen molar-refractivity contribution in [3.63, 3.8) is 0 Å². The standard InChI is InChI=1S/C17H24N4OS/c1-4-14-8-9-15(23-14)12-21-17(18-3)20-11-13-7-6-10-19-16(13)22-5-2/h6-10H,4-5,11-12H2,1-3H3,(H2,18,20,21). The van der Waals surface area contributed by atoms with Crippen LogP contribution in [0.1, 0.15) is 29.2 Å². The van der Waals surface area contributed by atoms with E-state index in [-0.39, 0.29) is 0 Å². The summed E-state index contributed by atoms with van der Waals surface area (Å²) in [5.74, 6) is 1.44. The van der Waals surface area contributed by atoms with Gasteiger partial charge >= 0.3 is 0 Å². The van der Waals surface area contributed by atoms with E-state index >= 15 is 0 Å². The lowest BCUT2D eigenvalue weighted by Crippen LogP contribution is -2.36. The van der Waals surface area contributed by atoms with E-state index in [1.807, 2.05) is 30.4 Å². The average molecular weight is 332 g/mol. The van der Waals surface area contributed by atoms with E-state index < -0.39 is 0 Å². The minimum absolute atomic E-state index is 0.606. The van der Waals surface area contributed by atoms with Crippen molar-refractivity contribution in [2.75, 3.05) is 13.7 Å². The highest BCUT2D eigenvalue weighted by Gasteiger charge is 2.06. The smallest absolute Gasteiger partial charge is 0.218 e. The van der Waals surface area contributed by atoms with E-state index in [4.69, 9.17) is 4.74 Å². The van der Waals surface area contributed by atoms with Crippen LogP contribution in [0.25, 0.3) is 0 Å². The number of pyridine rings is 1. The Hall–Kier alpha value is -2.08. The zero-order valence-electron chi connectivity index (χ0n) is 13.9. The van der Waals surface area contributed by atoms with Gasteiger partial charge in [0, 0.05) is 35.1 Å². The molecule has 0 spiro atoms. The Morgan fingerprint density at radius 2 is 1.96 bits per heavy atom. The fraction of sp³-hybridized carbons (Fsp3) is 0.412. The first-order valence-electron chi connectivity index (χ1n) is 7.85. The predicted molar refractivity (Wildman–Crippen MR) is 96.1 cm³/mol. The van der Waals surface area contributed by atoms with Crippen molar-refractivity contribution < 1.29 is 4.74 Å². The summed E-state index contributed by atoms with van der Waals surface area (Å²) >= 11 is 1.83. The third kappa shape index (κ3) is 5.25. The summed E-state index contributed by atoms with van der Waals surface area (Å²) in [4.78, 5) is 11.2. The molecule has 2 N–H and O–H groups in total. The molecule has 0 saturated carbocycles. The maximum atomic E-state index is 5.54. The highest BCUT2D eigenvalue weighted by atomic mass is 32.1. The molecule has 0 bridgehead atoms. The van der Waals surface area contributed by atoms with Crippen LogP contribution >= 0.6 is 11.3 Å². The largest absolute Gasteiger partial charge is 0.478 e. The molecule has 6 heteroatoms. The lowest BCUT2D eigenvalue weighted by Gasteiger charge is -2.13.